The zero-order chi connectivity index (χ0) is 14.0. The molecule has 1 atom stereocenters. The van der Waals surface area contributed by atoms with Crippen molar-refractivity contribution in [2.75, 3.05) is 11.9 Å². The van der Waals surface area contributed by atoms with E-state index in [1.807, 2.05) is 18.2 Å². The summed E-state index contributed by atoms with van der Waals surface area (Å²) in [6, 6.07) is 5.82. The van der Waals surface area contributed by atoms with Crippen LogP contribution in [0, 0.1) is 0 Å². The minimum atomic E-state index is 0.205. The Morgan fingerprint density at radius 1 is 1.25 bits per heavy atom. The zero-order valence-electron chi connectivity index (χ0n) is 11.6. The first-order valence-corrected chi connectivity index (χ1v) is 8.71. The molecule has 0 amide bonds. The summed E-state index contributed by atoms with van der Waals surface area (Å²) in [7, 11) is 0. The van der Waals surface area contributed by atoms with Crippen molar-refractivity contribution in [2.45, 2.75) is 56.7 Å². The van der Waals surface area contributed by atoms with Crippen LogP contribution < -0.4 is 5.32 Å². The van der Waals surface area contributed by atoms with E-state index in [0.717, 1.165) is 21.7 Å². The molecule has 3 rings (SSSR count). The molecule has 0 radical (unpaired) electrons. The third kappa shape index (κ3) is 3.32. The van der Waals surface area contributed by atoms with Gasteiger partial charge < -0.3 is 10.1 Å². The molecule has 1 aromatic carbocycles. The van der Waals surface area contributed by atoms with Crippen molar-refractivity contribution in [2.24, 2.45) is 0 Å². The number of hydrogen-bond acceptors (Lipinski definition) is 2. The first-order valence-electron chi connectivity index (χ1n) is 7.54. The van der Waals surface area contributed by atoms with Gasteiger partial charge in [-0.2, -0.15) is 0 Å². The van der Waals surface area contributed by atoms with Crippen molar-refractivity contribution in [1.82, 2.24) is 0 Å². The van der Waals surface area contributed by atoms with Crippen LogP contribution in [0.2, 0.25) is 5.02 Å². The summed E-state index contributed by atoms with van der Waals surface area (Å²) >= 11 is 9.58. The number of nitrogens with one attached hydrogen (secondary N) is 1. The van der Waals surface area contributed by atoms with Crippen molar-refractivity contribution in [3.8, 4) is 0 Å². The van der Waals surface area contributed by atoms with Gasteiger partial charge in [0.2, 0.25) is 0 Å². The van der Waals surface area contributed by atoms with E-state index in [4.69, 9.17) is 16.3 Å². The SMILES string of the molecule is Clc1ccc(Br)c(NCC2CCC3(CCCCC3)O2)c1. The topological polar surface area (TPSA) is 21.3 Å². The predicted octanol–water partition coefficient (Wildman–Crippen LogP) is 5.40. The number of ether oxygens (including phenoxy) is 1. The highest BCUT2D eigenvalue weighted by Crippen LogP contribution is 2.42. The Bertz CT molecular complexity index is 474. The van der Waals surface area contributed by atoms with Crippen LogP contribution in [0.15, 0.2) is 22.7 Å². The summed E-state index contributed by atoms with van der Waals surface area (Å²) in [5.74, 6) is 0. The zero-order valence-corrected chi connectivity index (χ0v) is 14.0. The number of rotatable bonds is 3. The van der Waals surface area contributed by atoms with Gasteiger partial charge in [0, 0.05) is 21.7 Å². The first kappa shape index (κ1) is 14.7. The summed E-state index contributed by atoms with van der Waals surface area (Å²) in [5, 5.41) is 4.22. The molecule has 1 spiro atoms. The fourth-order valence-electron chi connectivity index (χ4n) is 3.46. The van der Waals surface area contributed by atoms with Crippen molar-refractivity contribution >= 4 is 33.2 Å². The molecule has 0 bridgehead atoms. The quantitative estimate of drug-likeness (QED) is 0.781. The monoisotopic (exact) mass is 357 g/mol. The van der Waals surface area contributed by atoms with E-state index < -0.39 is 0 Å². The lowest BCUT2D eigenvalue weighted by molar-refractivity contribution is -0.0588. The largest absolute Gasteiger partial charge is 0.381 e. The van der Waals surface area contributed by atoms with Gasteiger partial charge in [-0.25, -0.2) is 0 Å². The van der Waals surface area contributed by atoms with Crippen LogP contribution in [0.1, 0.15) is 44.9 Å². The minimum absolute atomic E-state index is 0.205. The molecule has 1 unspecified atom stereocenters. The molecule has 1 aromatic rings. The molecule has 1 aliphatic carbocycles. The Balaban J connectivity index is 1.56. The number of halogens is 2. The van der Waals surface area contributed by atoms with Gasteiger partial charge in [0.15, 0.2) is 0 Å². The normalized spacial score (nSPS) is 25.0. The minimum Gasteiger partial charge on any atom is -0.381 e. The second-order valence-electron chi connectivity index (χ2n) is 6.03. The maximum Gasteiger partial charge on any atom is 0.0756 e. The van der Waals surface area contributed by atoms with Crippen LogP contribution in [0.4, 0.5) is 5.69 Å². The molecule has 1 aliphatic heterocycles. The molecule has 0 aromatic heterocycles. The highest BCUT2D eigenvalue weighted by atomic mass is 79.9. The smallest absolute Gasteiger partial charge is 0.0756 e. The number of benzene rings is 1. The lowest BCUT2D eigenvalue weighted by Gasteiger charge is -2.33. The first-order chi connectivity index (χ1) is 9.67. The Kier molecular flexibility index (Phi) is 4.58. The maximum atomic E-state index is 6.37. The molecular formula is C16H21BrClNO. The van der Waals surface area contributed by atoms with Gasteiger partial charge in [-0.15, -0.1) is 0 Å². The average molecular weight is 359 g/mol. The standard InChI is InChI=1S/C16H21BrClNO/c17-14-5-4-12(18)10-15(14)19-11-13-6-9-16(20-13)7-2-1-3-8-16/h4-5,10,13,19H,1-3,6-9,11H2. The highest BCUT2D eigenvalue weighted by molar-refractivity contribution is 9.10. The van der Waals surface area contributed by atoms with E-state index in [-0.39, 0.29) is 5.60 Å². The Morgan fingerprint density at radius 3 is 2.85 bits per heavy atom. The summed E-state index contributed by atoms with van der Waals surface area (Å²) < 4.78 is 7.42. The lowest BCUT2D eigenvalue weighted by Crippen LogP contribution is -2.33. The van der Waals surface area contributed by atoms with Gasteiger partial charge >= 0.3 is 0 Å². The van der Waals surface area contributed by atoms with E-state index in [9.17, 15) is 0 Å². The molecule has 1 saturated heterocycles. The average Bonchev–Trinajstić information content (AvgIpc) is 2.84. The number of hydrogen-bond donors (Lipinski definition) is 1. The molecule has 2 aliphatic rings. The molecule has 1 N–H and O–H groups in total. The Hall–Kier alpha value is -0.250. The van der Waals surface area contributed by atoms with Gasteiger partial charge in [0.1, 0.15) is 0 Å². The van der Waals surface area contributed by atoms with Gasteiger partial charge in [-0.05, 0) is 59.8 Å². The molecule has 4 heteroatoms. The summed E-state index contributed by atoms with van der Waals surface area (Å²) in [6.07, 6.45) is 9.29. The third-order valence-corrected chi connectivity index (χ3v) is 5.48. The fourth-order valence-corrected chi connectivity index (χ4v) is 4.02. The van der Waals surface area contributed by atoms with Crippen LogP contribution in [-0.2, 0) is 4.74 Å². The number of anilines is 1. The van der Waals surface area contributed by atoms with Crippen LogP contribution >= 0.6 is 27.5 Å². The fraction of sp³-hybridized carbons (Fsp3) is 0.625. The highest BCUT2D eigenvalue weighted by Gasteiger charge is 2.40. The van der Waals surface area contributed by atoms with E-state index >= 15 is 0 Å². The summed E-state index contributed by atoms with van der Waals surface area (Å²) in [6.45, 7) is 0.862. The molecular weight excluding hydrogens is 338 g/mol. The molecule has 1 saturated carbocycles. The second-order valence-corrected chi connectivity index (χ2v) is 7.32. The van der Waals surface area contributed by atoms with E-state index in [1.165, 1.54) is 44.9 Å². The molecule has 20 heavy (non-hydrogen) atoms. The van der Waals surface area contributed by atoms with E-state index in [0.29, 0.717) is 6.10 Å². The van der Waals surface area contributed by atoms with Gasteiger partial charge in [0.25, 0.3) is 0 Å². The predicted molar refractivity (Wildman–Crippen MR) is 87.6 cm³/mol. The van der Waals surface area contributed by atoms with Crippen molar-refractivity contribution in [3.05, 3.63) is 27.7 Å². The second kappa shape index (κ2) is 6.25. The Labute approximate surface area is 134 Å². The summed E-state index contributed by atoms with van der Waals surface area (Å²) in [5.41, 5.74) is 1.25. The van der Waals surface area contributed by atoms with Crippen molar-refractivity contribution < 1.29 is 4.74 Å². The van der Waals surface area contributed by atoms with Crippen LogP contribution in [-0.4, -0.2) is 18.2 Å². The van der Waals surface area contributed by atoms with Crippen LogP contribution in [0.5, 0.6) is 0 Å². The van der Waals surface area contributed by atoms with E-state index in [2.05, 4.69) is 21.2 Å². The maximum absolute atomic E-state index is 6.37. The molecule has 1 heterocycles. The van der Waals surface area contributed by atoms with Gasteiger partial charge in [0.05, 0.1) is 11.7 Å². The van der Waals surface area contributed by atoms with Crippen molar-refractivity contribution in [3.63, 3.8) is 0 Å². The Morgan fingerprint density at radius 2 is 2.05 bits per heavy atom. The molecule has 2 fully saturated rings. The summed E-state index contributed by atoms with van der Waals surface area (Å²) in [4.78, 5) is 0. The van der Waals surface area contributed by atoms with Gasteiger partial charge in [-0.3, -0.25) is 0 Å². The van der Waals surface area contributed by atoms with Crippen LogP contribution in [0.25, 0.3) is 0 Å². The lowest BCUT2D eigenvalue weighted by atomic mass is 9.83. The van der Waals surface area contributed by atoms with Crippen molar-refractivity contribution in [1.29, 1.82) is 0 Å². The van der Waals surface area contributed by atoms with Gasteiger partial charge in [-0.1, -0.05) is 30.9 Å². The molecule has 2 nitrogen and oxygen atoms in total. The van der Waals surface area contributed by atoms with Crippen LogP contribution in [0.3, 0.4) is 0 Å². The molecule has 110 valence electrons. The third-order valence-electron chi connectivity index (χ3n) is 4.55. The van der Waals surface area contributed by atoms with E-state index in [1.54, 1.807) is 0 Å².